The van der Waals surface area contributed by atoms with Gasteiger partial charge < -0.3 is 10.6 Å². The monoisotopic (exact) mass is 272 g/mol. The zero-order valence-electron chi connectivity index (χ0n) is 11.3. The summed E-state index contributed by atoms with van der Waals surface area (Å²) in [5.74, 6) is 0.187. The van der Waals surface area contributed by atoms with Crippen LogP contribution in [0.2, 0.25) is 5.02 Å². The number of nitrogens with zero attached hydrogens (tertiary/aromatic N) is 1. The summed E-state index contributed by atoms with van der Waals surface area (Å²) in [6.07, 6.45) is 2.23. The van der Waals surface area contributed by atoms with Crippen molar-refractivity contribution in [3.8, 4) is 0 Å². The van der Waals surface area contributed by atoms with Gasteiger partial charge in [0.1, 0.15) is 5.82 Å². The summed E-state index contributed by atoms with van der Waals surface area (Å²) >= 11 is 5.72. The van der Waals surface area contributed by atoms with E-state index in [2.05, 4.69) is 18.7 Å². The lowest BCUT2D eigenvalue weighted by atomic mass is 10.0. The van der Waals surface area contributed by atoms with Crippen LogP contribution in [0.4, 0.5) is 15.8 Å². The lowest BCUT2D eigenvalue weighted by Crippen LogP contribution is -2.29. The molecule has 0 spiro atoms. The third-order valence-corrected chi connectivity index (χ3v) is 3.71. The SMILES string of the molecule is CCC(CC)CN(CC)c1cc(F)c(Cl)cc1N. The van der Waals surface area contributed by atoms with Gasteiger partial charge in [-0.2, -0.15) is 0 Å². The second kappa shape index (κ2) is 6.83. The van der Waals surface area contributed by atoms with Gasteiger partial charge >= 0.3 is 0 Å². The van der Waals surface area contributed by atoms with Crippen LogP contribution in [0.3, 0.4) is 0 Å². The van der Waals surface area contributed by atoms with Gasteiger partial charge in [0.15, 0.2) is 0 Å². The Kier molecular flexibility index (Phi) is 5.73. The molecule has 0 heterocycles. The Hall–Kier alpha value is -0.960. The lowest BCUT2D eigenvalue weighted by molar-refractivity contribution is 0.486. The normalized spacial score (nSPS) is 11.0. The van der Waals surface area contributed by atoms with Gasteiger partial charge in [-0.3, -0.25) is 0 Å². The second-order valence-electron chi connectivity index (χ2n) is 4.55. The lowest BCUT2D eigenvalue weighted by Gasteiger charge is -2.28. The molecular weight excluding hydrogens is 251 g/mol. The molecule has 0 radical (unpaired) electrons. The number of halogens is 2. The number of hydrogen-bond acceptors (Lipinski definition) is 2. The molecule has 18 heavy (non-hydrogen) atoms. The van der Waals surface area contributed by atoms with E-state index in [1.807, 2.05) is 6.92 Å². The molecule has 4 heteroatoms. The highest BCUT2D eigenvalue weighted by atomic mass is 35.5. The van der Waals surface area contributed by atoms with Gasteiger partial charge in [-0.1, -0.05) is 38.3 Å². The zero-order valence-corrected chi connectivity index (χ0v) is 12.1. The zero-order chi connectivity index (χ0) is 13.7. The number of rotatable bonds is 6. The van der Waals surface area contributed by atoms with Gasteiger partial charge in [0.2, 0.25) is 0 Å². The van der Waals surface area contributed by atoms with E-state index in [0.717, 1.165) is 31.6 Å². The van der Waals surface area contributed by atoms with Crippen LogP contribution < -0.4 is 10.6 Å². The summed E-state index contributed by atoms with van der Waals surface area (Å²) < 4.78 is 13.5. The van der Waals surface area contributed by atoms with Gasteiger partial charge in [0.05, 0.1) is 16.4 Å². The minimum atomic E-state index is -0.413. The molecule has 2 N–H and O–H groups in total. The Balaban J connectivity index is 2.98. The molecule has 0 aliphatic rings. The molecule has 0 atom stereocenters. The molecule has 0 aliphatic heterocycles. The smallest absolute Gasteiger partial charge is 0.144 e. The van der Waals surface area contributed by atoms with Crippen LogP contribution in [0, 0.1) is 11.7 Å². The van der Waals surface area contributed by atoms with Gasteiger partial charge in [-0.15, -0.1) is 0 Å². The van der Waals surface area contributed by atoms with Crippen LogP contribution in [0.25, 0.3) is 0 Å². The Morgan fingerprint density at radius 1 is 1.28 bits per heavy atom. The van der Waals surface area contributed by atoms with Crippen LogP contribution in [0.5, 0.6) is 0 Å². The maximum atomic E-state index is 13.5. The standard InChI is InChI=1S/C14H22ClFN2/c1-4-10(5-2)9-18(6-3)14-8-12(16)11(15)7-13(14)17/h7-8,10H,4-6,9,17H2,1-3H3. The number of benzene rings is 1. The molecule has 2 nitrogen and oxygen atoms in total. The fraction of sp³-hybridized carbons (Fsp3) is 0.571. The summed E-state index contributed by atoms with van der Waals surface area (Å²) in [5, 5.41) is 0.0786. The summed E-state index contributed by atoms with van der Waals surface area (Å²) in [4.78, 5) is 2.12. The molecule has 0 unspecified atom stereocenters. The molecule has 1 aromatic carbocycles. The number of hydrogen-bond donors (Lipinski definition) is 1. The molecule has 0 saturated heterocycles. The van der Waals surface area contributed by atoms with Crippen molar-refractivity contribution in [3.63, 3.8) is 0 Å². The summed E-state index contributed by atoms with van der Waals surface area (Å²) in [7, 11) is 0. The summed E-state index contributed by atoms with van der Waals surface area (Å²) in [6.45, 7) is 8.10. The molecule has 1 rings (SSSR count). The van der Waals surface area contributed by atoms with Gasteiger partial charge in [0, 0.05) is 19.2 Å². The average molecular weight is 273 g/mol. The quantitative estimate of drug-likeness (QED) is 0.781. The van der Waals surface area contributed by atoms with Crippen molar-refractivity contribution in [2.75, 3.05) is 23.7 Å². The predicted molar refractivity (Wildman–Crippen MR) is 77.8 cm³/mol. The summed E-state index contributed by atoms with van der Waals surface area (Å²) in [6, 6.07) is 2.92. The molecule has 0 aromatic heterocycles. The molecule has 0 amide bonds. The number of nitrogen functional groups attached to an aromatic ring is 1. The Morgan fingerprint density at radius 3 is 2.39 bits per heavy atom. The summed E-state index contributed by atoms with van der Waals surface area (Å²) in [5.41, 5.74) is 7.21. The molecule has 1 aromatic rings. The van der Waals surface area contributed by atoms with E-state index in [1.54, 1.807) is 0 Å². The first-order chi connectivity index (χ1) is 8.53. The van der Waals surface area contributed by atoms with Crippen molar-refractivity contribution >= 4 is 23.0 Å². The van der Waals surface area contributed by atoms with E-state index in [1.165, 1.54) is 12.1 Å². The third kappa shape index (κ3) is 3.52. The second-order valence-corrected chi connectivity index (χ2v) is 4.95. The van der Waals surface area contributed by atoms with Gasteiger partial charge in [0.25, 0.3) is 0 Å². The van der Waals surface area contributed by atoms with Crippen molar-refractivity contribution in [1.82, 2.24) is 0 Å². The third-order valence-electron chi connectivity index (χ3n) is 3.43. The van der Waals surface area contributed by atoms with Crippen LogP contribution in [-0.4, -0.2) is 13.1 Å². The Morgan fingerprint density at radius 2 is 1.89 bits per heavy atom. The highest BCUT2D eigenvalue weighted by Gasteiger charge is 2.15. The van der Waals surface area contributed by atoms with Crippen LogP contribution in [0.1, 0.15) is 33.6 Å². The van der Waals surface area contributed by atoms with E-state index in [-0.39, 0.29) is 5.02 Å². The highest BCUT2D eigenvalue weighted by molar-refractivity contribution is 6.31. The van der Waals surface area contributed by atoms with E-state index in [4.69, 9.17) is 17.3 Å². The molecule has 0 aliphatic carbocycles. The van der Waals surface area contributed by atoms with Crippen molar-refractivity contribution in [3.05, 3.63) is 23.0 Å². The van der Waals surface area contributed by atoms with Crippen LogP contribution in [-0.2, 0) is 0 Å². The molecule has 0 saturated carbocycles. The maximum absolute atomic E-state index is 13.5. The molecule has 0 bridgehead atoms. The highest BCUT2D eigenvalue weighted by Crippen LogP contribution is 2.30. The topological polar surface area (TPSA) is 29.3 Å². The van der Waals surface area contributed by atoms with Gasteiger partial charge in [-0.25, -0.2) is 4.39 Å². The number of anilines is 2. The maximum Gasteiger partial charge on any atom is 0.144 e. The van der Waals surface area contributed by atoms with Gasteiger partial charge in [-0.05, 0) is 18.9 Å². The Bertz CT molecular complexity index is 392. The molecule has 102 valence electrons. The average Bonchev–Trinajstić information content (AvgIpc) is 2.36. The minimum Gasteiger partial charge on any atom is -0.397 e. The fourth-order valence-corrected chi connectivity index (χ4v) is 2.25. The first kappa shape index (κ1) is 15.1. The first-order valence-corrected chi connectivity index (χ1v) is 6.90. The van der Waals surface area contributed by atoms with E-state index >= 15 is 0 Å². The predicted octanol–water partition coefficient (Wildman–Crippen LogP) is 4.32. The van der Waals surface area contributed by atoms with Crippen molar-refractivity contribution in [2.24, 2.45) is 5.92 Å². The number of nitrogens with two attached hydrogens (primary N) is 1. The van der Waals surface area contributed by atoms with Crippen LogP contribution in [0.15, 0.2) is 12.1 Å². The van der Waals surface area contributed by atoms with E-state index in [0.29, 0.717) is 11.6 Å². The molecule has 0 fully saturated rings. The van der Waals surface area contributed by atoms with Crippen molar-refractivity contribution < 1.29 is 4.39 Å². The minimum absolute atomic E-state index is 0.0786. The largest absolute Gasteiger partial charge is 0.397 e. The van der Waals surface area contributed by atoms with Crippen LogP contribution >= 0.6 is 11.6 Å². The first-order valence-electron chi connectivity index (χ1n) is 6.52. The van der Waals surface area contributed by atoms with E-state index < -0.39 is 5.82 Å². The molecular formula is C14H22ClFN2. The fourth-order valence-electron chi connectivity index (χ4n) is 2.08. The van der Waals surface area contributed by atoms with Crippen molar-refractivity contribution in [1.29, 1.82) is 0 Å². The van der Waals surface area contributed by atoms with E-state index in [9.17, 15) is 4.39 Å². The van der Waals surface area contributed by atoms with Crippen molar-refractivity contribution in [2.45, 2.75) is 33.6 Å². The Labute approximate surface area is 114 Å².